The molecule has 0 aromatic heterocycles. The van der Waals surface area contributed by atoms with Crippen molar-refractivity contribution in [1.29, 1.82) is 0 Å². The fourth-order valence-electron chi connectivity index (χ4n) is 1.28. The lowest BCUT2D eigenvalue weighted by Crippen LogP contribution is -2.37. The minimum absolute atomic E-state index is 0.202. The highest BCUT2D eigenvalue weighted by atomic mass is 19.3. The molecule has 0 spiro atoms. The molecule has 0 aromatic carbocycles. The summed E-state index contributed by atoms with van der Waals surface area (Å²) in [7, 11) is 0. The molecule has 66 valence electrons. The van der Waals surface area contributed by atoms with Crippen LogP contribution in [-0.4, -0.2) is 37.1 Å². The summed E-state index contributed by atoms with van der Waals surface area (Å²) in [6.45, 7) is 0.754. The molecule has 0 atom stereocenters. The van der Waals surface area contributed by atoms with Crippen LogP contribution in [0, 0.1) is 0 Å². The number of halogens is 3. The smallest absolute Gasteiger partial charge is 0.251 e. The van der Waals surface area contributed by atoms with Crippen LogP contribution in [0.5, 0.6) is 0 Å². The fourth-order valence-corrected chi connectivity index (χ4v) is 1.28. The highest BCUT2D eigenvalue weighted by Gasteiger charge is 2.20. The van der Waals surface area contributed by atoms with Crippen molar-refractivity contribution >= 4 is 0 Å². The zero-order valence-corrected chi connectivity index (χ0v) is 6.27. The number of rotatable bonds is 2. The van der Waals surface area contributed by atoms with Crippen LogP contribution >= 0.6 is 0 Å². The number of piperidine rings is 1. The summed E-state index contributed by atoms with van der Waals surface area (Å²) in [6, 6.07) is 0. The van der Waals surface area contributed by atoms with Gasteiger partial charge in [-0.2, -0.15) is 0 Å². The SMILES string of the molecule is FC(F)CN1CCC(F)CC1. The Balaban J connectivity index is 2.17. The summed E-state index contributed by atoms with van der Waals surface area (Å²) in [5.41, 5.74) is 0. The second-order valence-corrected chi connectivity index (χ2v) is 2.87. The van der Waals surface area contributed by atoms with Gasteiger partial charge >= 0.3 is 0 Å². The first-order chi connectivity index (χ1) is 5.18. The average molecular weight is 167 g/mol. The van der Waals surface area contributed by atoms with E-state index >= 15 is 0 Å². The van der Waals surface area contributed by atoms with Gasteiger partial charge in [0, 0.05) is 13.1 Å². The molecule has 4 heteroatoms. The van der Waals surface area contributed by atoms with Crippen molar-refractivity contribution in [2.75, 3.05) is 19.6 Å². The summed E-state index contributed by atoms with van der Waals surface area (Å²) in [5, 5.41) is 0. The first-order valence-corrected chi connectivity index (χ1v) is 3.83. The van der Waals surface area contributed by atoms with E-state index in [0.29, 0.717) is 25.9 Å². The van der Waals surface area contributed by atoms with Gasteiger partial charge in [0.1, 0.15) is 6.17 Å². The van der Waals surface area contributed by atoms with Crippen LogP contribution in [0.1, 0.15) is 12.8 Å². The third kappa shape index (κ3) is 3.10. The van der Waals surface area contributed by atoms with E-state index < -0.39 is 12.6 Å². The third-order valence-electron chi connectivity index (χ3n) is 1.91. The maximum atomic E-state index is 12.5. The fraction of sp³-hybridized carbons (Fsp3) is 1.00. The van der Waals surface area contributed by atoms with Gasteiger partial charge in [-0.1, -0.05) is 0 Å². The normalized spacial score (nSPS) is 22.9. The highest BCUT2D eigenvalue weighted by molar-refractivity contribution is 4.71. The lowest BCUT2D eigenvalue weighted by atomic mass is 10.1. The Kier molecular flexibility index (Phi) is 3.17. The van der Waals surface area contributed by atoms with Gasteiger partial charge in [-0.25, -0.2) is 13.2 Å². The highest BCUT2D eigenvalue weighted by Crippen LogP contribution is 2.13. The van der Waals surface area contributed by atoms with E-state index in [2.05, 4.69) is 0 Å². The van der Waals surface area contributed by atoms with E-state index in [1.807, 2.05) is 0 Å². The summed E-state index contributed by atoms with van der Waals surface area (Å²) in [5.74, 6) is 0. The largest absolute Gasteiger partial charge is 0.298 e. The van der Waals surface area contributed by atoms with E-state index in [1.54, 1.807) is 4.90 Å². The van der Waals surface area contributed by atoms with Gasteiger partial charge in [0.2, 0.25) is 0 Å². The molecule has 1 heterocycles. The molecule has 0 amide bonds. The lowest BCUT2D eigenvalue weighted by Gasteiger charge is -2.27. The quantitative estimate of drug-likeness (QED) is 0.604. The number of nitrogens with zero attached hydrogens (tertiary/aromatic N) is 1. The predicted molar refractivity (Wildman–Crippen MR) is 36.6 cm³/mol. The van der Waals surface area contributed by atoms with Crippen LogP contribution in [0.2, 0.25) is 0 Å². The predicted octanol–water partition coefficient (Wildman–Crippen LogP) is 1.69. The van der Waals surface area contributed by atoms with Gasteiger partial charge in [0.25, 0.3) is 6.43 Å². The Bertz CT molecular complexity index is 110. The van der Waals surface area contributed by atoms with Gasteiger partial charge in [-0.3, -0.25) is 4.90 Å². The molecule has 11 heavy (non-hydrogen) atoms. The van der Waals surface area contributed by atoms with Gasteiger partial charge in [-0.05, 0) is 12.8 Å². The summed E-state index contributed by atoms with van der Waals surface area (Å²) >= 11 is 0. The maximum Gasteiger partial charge on any atom is 0.251 e. The number of hydrogen-bond acceptors (Lipinski definition) is 1. The zero-order chi connectivity index (χ0) is 8.27. The van der Waals surface area contributed by atoms with E-state index in [-0.39, 0.29) is 6.54 Å². The van der Waals surface area contributed by atoms with Crippen LogP contribution in [0.4, 0.5) is 13.2 Å². The Labute approximate surface area is 64.2 Å². The van der Waals surface area contributed by atoms with Crippen molar-refractivity contribution in [1.82, 2.24) is 4.90 Å². The molecule has 0 unspecified atom stereocenters. The molecule has 0 radical (unpaired) electrons. The molecule has 1 nitrogen and oxygen atoms in total. The van der Waals surface area contributed by atoms with E-state index in [9.17, 15) is 13.2 Å². The van der Waals surface area contributed by atoms with Crippen molar-refractivity contribution in [2.45, 2.75) is 25.4 Å². The first kappa shape index (κ1) is 8.84. The van der Waals surface area contributed by atoms with Gasteiger partial charge in [-0.15, -0.1) is 0 Å². The minimum Gasteiger partial charge on any atom is -0.298 e. The summed E-state index contributed by atoms with van der Waals surface area (Å²) in [4.78, 5) is 1.61. The molecule has 1 aliphatic heterocycles. The van der Waals surface area contributed by atoms with E-state index in [4.69, 9.17) is 0 Å². The molecule has 1 aliphatic rings. The summed E-state index contributed by atoms with van der Waals surface area (Å²) in [6.07, 6.45) is -2.24. The van der Waals surface area contributed by atoms with Gasteiger partial charge in [0.05, 0.1) is 6.54 Å². The molecule has 1 fully saturated rings. The van der Waals surface area contributed by atoms with Crippen molar-refractivity contribution < 1.29 is 13.2 Å². The molecular formula is C7H12F3N. The molecule has 1 rings (SSSR count). The molecule has 1 saturated heterocycles. The van der Waals surface area contributed by atoms with E-state index in [1.165, 1.54) is 0 Å². The van der Waals surface area contributed by atoms with Crippen LogP contribution in [0.25, 0.3) is 0 Å². The first-order valence-electron chi connectivity index (χ1n) is 3.83. The van der Waals surface area contributed by atoms with Crippen LogP contribution in [0.3, 0.4) is 0 Å². The Morgan fingerprint density at radius 3 is 2.27 bits per heavy atom. The van der Waals surface area contributed by atoms with Crippen LogP contribution < -0.4 is 0 Å². The second kappa shape index (κ2) is 3.95. The van der Waals surface area contributed by atoms with Crippen molar-refractivity contribution in [2.24, 2.45) is 0 Å². The van der Waals surface area contributed by atoms with E-state index in [0.717, 1.165) is 0 Å². The van der Waals surface area contributed by atoms with Crippen molar-refractivity contribution in [3.8, 4) is 0 Å². The van der Waals surface area contributed by atoms with Gasteiger partial charge < -0.3 is 0 Å². The molecule has 0 aromatic rings. The molecule has 0 bridgehead atoms. The Hall–Kier alpha value is -0.250. The van der Waals surface area contributed by atoms with Gasteiger partial charge in [0.15, 0.2) is 0 Å². The van der Waals surface area contributed by atoms with Crippen molar-refractivity contribution in [3.63, 3.8) is 0 Å². The maximum absolute atomic E-state index is 12.5. The molecule has 0 N–H and O–H groups in total. The average Bonchev–Trinajstić information content (AvgIpc) is 1.93. The monoisotopic (exact) mass is 167 g/mol. The number of likely N-dealkylation sites (tertiary alicyclic amines) is 1. The molecular weight excluding hydrogens is 155 g/mol. The van der Waals surface area contributed by atoms with Crippen molar-refractivity contribution in [3.05, 3.63) is 0 Å². The number of alkyl halides is 3. The minimum atomic E-state index is -2.29. The summed E-state index contributed by atoms with van der Waals surface area (Å²) < 4.78 is 36.0. The zero-order valence-electron chi connectivity index (χ0n) is 6.27. The Morgan fingerprint density at radius 1 is 1.27 bits per heavy atom. The Morgan fingerprint density at radius 2 is 1.82 bits per heavy atom. The van der Waals surface area contributed by atoms with Crippen LogP contribution in [-0.2, 0) is 0 Å². The van der Waals surface area contributed by atoms with Crippen LogP contribution in [0.15, 0.2) is 0 Å². The lowest BCUT2D eigenvalue weighted by molar-refractivity contribution is 0.0626. The second-order valence-electron chi connectivity index (χ2n) is 2.87. The molecule has 0 aliphatic carbocycles. The topological polar surface area (TPSA) is 3.24 Å². The standard InChI is InChI=1S/C7H12F3N/c8-6-1-3-11(4-2-6)5-7(9)10/h6-7H,1-5H2. The third-order valence-corrected chi connectivity index (χ3v) is 1.91. The number of hydrogen-bond donors (Lipinski definition) is 0. The molecule has 0 saturated carbocycles.